The highest BCUT2D eigenvalue weighted by molar-refractivity contribution is 5.80. The second-order valence-corrected chi connectivity index (χ2v) is 5.59. The van der Waals surface area contributed by atoms with E-state index in [0.717, 1.165) is 18.7 Å². The Balaban J connectivity index is 2.59. The molecule has 0 heterocycles. The second kappa shape index (κ2) is 6.80. The minimum atomic E-state index is -0.835. The van der Waals surface area contributed by atoms with Gasteiger partial charge in [0.1, 0.15) is 0 Å². The molecule has 1 N–H and O–H groups in total. The summed E-state index contributed by atoms with van der Waals surface area (Å²) in [7, 11) is 0. The van der Waals surface area contributed by atoms with E-state index in [1.165, 1.54) is 31.8 Å². The molecule has 1 aliphatic rings. The molecule has 0 aromatic carbocycles. The van der Waals surface area contributed by atoms with Crippen molar-refractivity contribution in [3.05, 3.63) is 11.6 Å². The van der Waals surface area contributed by atoms with E-state index in [-0.39, 0.29) is 0 Å². The van der Waals surface area contributed by atoms with Crippen molar-refractivity contribution in [1.29, 1.82) is 0 Å². The lowest BCUT2D eigenvalue weighted by Gasteiger charge is -2.30. The van der Waals surface area contributed by atoms with Gasteiger partial charge in [-0.2, -0.15) is 0 Å². The average Bonchev–Trinajstić information content (AvgIpc) is 2.66. The maximum atomic E-state index is 10.6. The molecule has 98 valence electrons. The molecule has 0 aliphatic heterocycles. The molecule has 0 amide bonds. The summed E-state index contributed by atoms with van der Waals surface area (Å²) in [5, 5.41) is 8.75. The monoisotopic (exact) mass is 239 g/mol. The van der Waals surface area contributed by atoms with Gasteiger partial charge >= 0.3 is 5.97 Å². The molecule has 17 heavy (non-hydrogen) atoms. The topological polar surface area (TPSA) is 40.5 Å². The molecular formula is C14H25NO2. The van der Waals surface area contributed by atoms with Gasteiger partial charge < -0.3 is 5.11 Å². The Morgan fingerprint density at radius 2 is 2.00 bits per heavy atom. The smallest absolute Gasteiger partial charge is 0.328 e. The predicted molar refractivity (Wildman–Crippen MR) is 70.1 cm³/mol. The normalized spacial score (nSPS) is 18.3. The summed E-state index contributed by atoms with van der Waals surface area (Å²) in [4.78, 5) is 13.1. The van der Waals surface area contributed by atoms with Crippen LogP contribution in [-0.4, -0.2) is 35.1 Å². The van der Waals surface area contributed by atoms with E-state index in [0.29, 0.717) is 12.0 Å². The number of carbonyl (C=O) groups is 1. The minimum Gasteiger partial charge on any atom is -0.478 e. The zero-order valence-electron chi connectivity index (χ0n) is 11.3. The Labute approximate surface area is 105 Å². The van der Waals surface area contributed by atoms with Gasteiger partial charge in [-0.3, -0.25) is 4.90 Å². The van der Waals surface area contributed by atoms with Crippen molar-refractivity contribution < 1.29 is 9.90 Å². The molecule has 0 spiro atoms. The third-order valence-electron chi connectivity index (χ3n) is 3.26. The SMILES string of the molecule is CC(=CC(=O)O)CN(CC(C)C)C1CCCC1. The number of carboxylic acid groups (broad SMARTS) is 1. The van der Waals surface area contributed by atoms with Crippen LogP contribution >= 0.6 is 0 Å². The first-order valence-corrected chi connectivity index (χ1v) is 6.63. The molecule has 3 nitrogen and oxygen atoms in total. The van der Waals surface area contributed by atoms with Crippen molar-refractivity contribution in [1.82, 2.24) is 4.90 Å². The van der Waals surface area contributed by atoms with Gasteiger partial charge in [0.05, 0.1) is 0 Å². The van der Waals surface area contributed by atoms with Crippen molar-refractivity contribution in [2.75, 3.05) is 13.1 Å². The van der Waals surface area contributed by atoms with Crippen LogP contribution in [0.25, 0.3) is 0 Å². The molecule has 0 radical (unpaired) electrons. The summed E-state index contributed by atoms with van der Waals surface area (Å²) in [6, 6.07) is 0.662. The second-order valence-electron chi connectivity index (χ2n) is 5.59. The van der Waals surface area contributed by atoms with E-state index in [2.05, 4.69) is 18.7 Å². The lowest BCUT2D eigenvalue weighted by molar-refractivity contribution is -0.131. The van der Waals surface area contributed by atoms with E-state index in [4.69, 9.17) is 5.11 Å². The number of aliphatic carboxylic acids is 1. The zero-order valence-corrected chi connectivity index (χ0v) is 11.3. The van der Waals surface area contributed by atoms with Crippen LogP contribution in [0.15, 0.2) is 11.6 Å². The molecule has 0 aromatic heterocycles. The van der Waals surface area contributed by atoms with Crippen LogP contribution in [0.4, 0.5) is 0 Å². The Morgan fingerprint density at radius 1 is 1.41 bits per heavy atom. The molecule has 0 saturated heterocycles. The van der Waals surface area contributed by atoms with Crippen LogP contribution in [0.5, 0.6) is 0 Å². The lowest BCUT2D eigenvalue weighted by atomic mass is 10.1. The third kappa shape index (κ3) is 5.35. The van der Waals surface area contributed by atoms with Gasteiger partial charge in [0.15, 0.2) is 0 Å². The van der Waals surface area contributed by atoms with Crippen LogP contribution in [0.3, 0.4) is 0 Å². The van der Waals surface area contributed by atoms with Crippen molar-refractivity contribution in [3.63, 3.8) is 0 Å². The Morgan fingerprint density at radius 3 is 2.47 bits per heavy atom. The fraction of sp³-hybridized carbons (Fsp3) is 0.786. The first kappa shape index (κ1) is 14.2. The molecule has 3 heteroatoms. The Bertz CT molecular complexity index is 278. The first-order valence-electron chi connectivity index (χ1n) is 6.63. The van der Waals surface area contributed by atoms with E-state index in [1.54, 1.807) is 0 Å². The quantitative estimate of drug-likeness (QED) is 0.724. The molecule has 1 fully saturated rings. The summed E-state index contributed by atoms with van der Waals surface area (Å²) < 4.78 is 0. The van der Waals surface area contributed by atoms with E-state index >= 15 is 0 Å². The molecule has 0 bridgehead atoms. The molecule has 0 atom stereocenters. The van der Waals surface area contributed by atoms with Gasteiger partial charge in [0.2, 0.25) is 0 Å². The summed E-state index contributed by atoms with van der Waals surface area (Å²) in [6.45, 7) is 8.22. The maximum absolute atomic E-state index is 10.6. The van der Waals surface area contributed by atoms with Crippen molar-refractivity contribution in [2.24, 2.45) is 5.92 Å². The van der Waals surface area contributed by atoms with E-state index < -0.39 is 5.97 Å². The molecule has 0 aromatic rings. The highest BCUT2D eigenvalue weighted by Gasteiger charge is 2.23. The van der Waals surface area contributed by atoms with E-state index in [9.17, 15) is 4.79 Å². The highest BCUT2D eigenvalue weighted by Crippen LogP contribution is 2.24. The summed E-state index contributed by atoms with van der Waals surface area (Å²) >= 11 is 0. The first-order chi connectivity index (χ1) is 7.99. The van der Waals surface area contributed by atoms with Crippen LogP contribution in [-0.2, 0) is 4.79 Å². The number of rotatable bonds is 6. The molecular weight excluding hydrogens is 214 g/mol. The Hall–Kier alpha value is -0.830. The van der Waals surface area contributed by atoms with Gasteiger partial charge in [-0.1, -0.05) is 32.3 Å². The fourth-order valence-electron chi connectivity index (χ4n) is 2.66. The number of carboxylic acids is 1. The Kier molecular flexibility index (Phi) is 5.69. The largest absolute Gasteiger partial charge is 0.478 e. The van der Waals surface area contributed by atoms with Crippen LogP contribution in [0.1, 0.15) is 46.5 Å². The van der Waals surface area contributed by atoms with Gasteiger partial charge in [0.25, 0.3) is 0 Å². The van der Waals surface area contributed by atoms with E-state index in [1.807, 2.05) is 6.92 Å². The van der Waals surface area contributed by atoms with Crippen LogP contribution < -0.4 is 0 Å². The van der Waals surface area contributed by atoms with Crippen molar-refractivity contribution in [2.45, 2.75) is 52.5 Å². The third-order valence-corrected chi connectivity index (χ3v) is 3.26. The number of nitrogens with zero attached hydrogens (tertiary/aromatic N) is 1. The van der Waals surface area contributed by atoms with Crippen LogP contribution in [0.2, 0.25) is 0 Å². The summed E-state index contributed by atoms with van der Waals surface area (Å²) in [5.74, 6) is -0.202. The lowest BCUT2D eigenvalue weighted by Crippen LogP contribution is -2.37. The standard InChI is InChI=1S/C14H25NO2/c1-11(2)9-15(13-6-4-5-7-13)10-12(3)8-14(16)17/h8,11,13H,4-7,9-10H2,1-3H3,(H,16,17). The fourth-order valence-corrected chi connectivity index (χ4v) is 2.66. The van der Waals surface area contributed by atoms with Gasteiger partial charge in [0, 0.05) is 25.2 Å². The van der Waals surface area contributed by atoms with Gasteiger partial charge in [-0.05, 0) is 25.7 Å². The predicted octanol–water partition coefficient (Wildman–Crippen LogP) is 2.92. The maximum Gasteiger partial charge on any atom is 0.328 e. The van der Waals surface area contributed by atoms with Crippen LogP contribution in [0, 0.1) is 5.92 Å². The molecule has 1 aliphatic carbocycles. The van der Waals surface area contributed by atoms with Crippen molar-refractivity contribution in [3.8, 4) is 0 Å². The van der Waals surface area contributed by atoms with Gasteiger partial charge in [-0.25, -0.2) is 4.79 Å². The molecule has 0 unspecified atom stereocenters. The highest BCUT2D eigenvalue weighted by atomic mass is 16.4. The number of hydrogen-bond donors (Lipinski definition) is 1. The number of hydrogen-bond acceptors (Lipinski definition) is 2. The average molecular weight is 239 g/mol. The molecule has 1 saturated carbocycles. The van der Waals surface area contributed by atoms with Gasteiger partial charge in [-0.15, -0.1) is 0 Å². The summed E-state index contributed by atoms with van der Waals surface area (Å²) in [5.41, 5.74) is 0.949. The molecule has 1 rings (SSSR count). The summed E-state index contributed by atoms with van der Waals surface area (Å²) in [6.07, 6.45) is 6.52. The minimum absolute atomic E-state index is 0.633. The zero-order chi connectivity index (χ0) is 12.8. The van der Waals surface area contributed by atoms with Crippen molar-refractivity contribution >= 4 is 5.97 Å².